The summed E-state index contributed by atoms with van der Waals surface area (Å²) in [5, 5.41) is 0. The number of ether oxygens (including phenoxy) is 29. The molecule has 0 heterocycles. The molecule has 145 heavy (non-hydrogen) atoms. The van der Waals surface area contributed by atoms with E-state index < -0.39 is 36.2 Å². The molecular formula is C104H204O41. The van der Waals surface area contributed by atoms with E-state index in [2.05, 4.69) is 30.6 Å². The van der Waals surface area contributed by atoms with E-state index >= 15 is 0 Å². The van der Waals surface area contributed by atoms with Crippen molar-refractivity contribution in [3.63, 3.8) is 0 Å². The second kappa shape index (κ2) is 106. The Hall–Kier alpha value is -7.84. The van der Waals surface area contributed by atoms with Crippen LogP contribution < -0.4 is 0 Å². The van der Waals surface area contributed by atoms with Crippen LogP contribution in [0.2, 0.25) is 0 Å². The third-order valence-electron chi connectivity index (χ3n) is 14.7. The molecule has 0 bridgehead atoms. The monoisotopic (exact) mass is 2110 g/mol. The predicted molar refractivity (Wildman–Crippen MR) is 546 cm³/mol. The molecule has 2 aliphatic carbocycles. The van der Waals surface area contributed by atoms with Gasteiger partial charge in [-0.05, 0) is 277 Å². The molecule has 866 valence electrons. The first kappa shape index (κ1) is 157. The third-order valence-corrected chi connectivity index (χ3v) is 14.7. The van der Waals surface area contributed by atoms with E-state index in [0.717, 1.165) is 77.0 Å². The number of carbonyl (C=O) groups excluding carboxylic acids is 12. The molecule has 2 rings (SSSR count). The summed E-state index contributed by atoms with van der Waals surface area (Å²) in [4.78, 5) is 130. The summed E-state index contributed by atoms with van der Waals surface area (Å²) in [7, 11) is 0. The van der Waals surface area contributed by atoms with Gasteiger partial charge in [0.1, 0.15) is 6.10 Å². The van der Waals surface area contributed by atoms with Gasteiger partial charge in [0, 0.05) is 19.3 Å². The molecule has 0 spiro atoms. The van der Waals surface area contributed by atoms with Crippen molar-refractivity contribution in [3.8, 4) is 0 Å². The predicted octanol–water partition coefficient (Wildman–Crippen LogP) is 23.5. The van der Waals surface area contributed by atoms with Crippen molar-refractivity contribution < 1.29 is 195 Å². The van der Waals surface area contributed by atoms with Gasteiger partial charge in [-0.2, -0.15) is 0 Å². The van der Waals surface area contributed by atoms with Gasteiger partial charge in [0.2, 0.25) is 0 Å². The van der Waals surface area contributed by atoms with Crippen LogP contribution in [0.15, 0.2) is 0 Å². The molecule has 0 aliphatic heterocycles. The minimum Gasteiger partial charge on any atom is -0.438 e. The van der Waals surface area contributed by atoms with Gasteiger partial charge in [-0.3, -0.25) is 33.6 Å². The Morgan fingerprint density at radius 3 is 0.807 bits per heavy atom. The largest absolute Gasteiger partial charge is 0.510 e. The molecule has 41 nitrogen and oxygen atoms in total. The topological polar surface area (TPSA) is 473 Å². The normalized spacial score (nSPS) is 11.7. The lowest BCUT2D eigenvalue weighted by atomic mass is 9.93. The minimum atomic E-state index is -0.689. The molecule has 0 aromatic carbocycles. The van der Waals surface area contributed by atoms with Crippen LogP contribution in [0.3, 0.4) is 0 Å². The lowest BCUT2D eigenvalue weighted by Gasteiger charge is -2.17. The molecule has 0 aromatic rings. The van der Waals surface area contributed by atoms with Crippen LogP contribution in [0, 0.1) is 28.6 Å². The first-order valence-corrected chi connectivity index (χ1v) is 50.9. The Bertz CT molecular complexity index is 2900. The molecule has 0 radical (unpaired) electrons. The van der Waals surface area contributed by atoms with Gasteiger partial charge >= 0.3 is 72.6 Å². The van der Waals surface area contributed by atoms with Gasteiger partial charge in [-0.1, -0.05) is 102 Å². The van der Waals surface area contributed by atoms with Crippen LogP contribution in [-0.4, -0.2) is 259 Å². The smallest absolute Gasteiger partial charge is 0.438 e. The third kappa shape index (κ3) is 162. The summed E-state index contributed by atoms with van der Waals surface area (Å²) in [6.07, 6.45) is 11.0. The first-order chi connectivity index (χ1) is 67.3. The van der Waals surface area contributed by atoms with Crippen molar-refractivity contribution in [1.29, 1.82) is 0 Å². The number of hydrogen-bond acceptors (Lipinski definition) is 41. The molecule has 0 amide bonds. The fraction of sp³-hybridized carbons (Fsp3) is 0.885. The maximum atomic E-state index is 11.1. The first-order valence-electron chi connectivity index (χ1n) is 50.9. The zero-order chi connectivity index (χ0) is 114. The Kier molecular flexibility index (Phi) is 115. The van der Waals surface area contributed by atoms with Crippen LogP contribution in [0.5, 0.6) is 0 Å². The van der Waals surface area contributed by atoms with Crippen molar-refractivity contribution in [2.75, 3.05) is 94.7 Å². The fourth-order valence-electron chi connectivity index (χ4n) is 6.71. The highest BCUT2D eigenvalue weighted by atomic mass is 16.8. The number of unbranched alkanes of at least 4 members (excludes halogenated alkanes) is 4. The Morgan fingerprint density at radius 1 is 0.255 bits per heavy atom. The van der Waals surface area contributed by atoms with Crippen LogP contribution in [0.25, 0.3) is 0 Å². The fourth-order valence-corrected chi connectivity index (χ4v) is 6.71. The van der Waals surface area contributed by atoms with Crippen molar-refractivity contribution in [1.82, 2.24) is 0 Å². The summed E-state index contributed by atoms with van der Waals surface area (Å²) in [6.45, 7) is 80.4. The van der Waals surface area contributed by atoms with Crippen LogP contribution in [0.4, 0.5) is 24.0 Å². The van der Waals surface area contributed by atoms with Gasteiger partial charge in [0.05, 0.1) is 122 Å². The summed E-state index contributed by atoms with van der Waals surface area (Å²) < 4.78 is 141. The molecule has 2 fully saturated rings. The Labute approximate surface area is 872 Å². The summed E-state index contributed by atoms with van der Waals surface area (Å²) in [5.74, 6) is -0.859. The van der Waals surface area contributed by atoms with Crippen LogP contribution in [0.1, 0.15) is 394 Å². The molecule has 0 atom stereocenters. The van der Waals surface area contributed by atoms with Crippen LogP contribution in [-0.2, 0) is 171 Å². The lowest BCUT2D eigenvalue weighted by molar-refractivity contribution is -0.169. The molecular weight excluding hydrogens is 1910 g/mol. The zero-order valence-electron chi connectivity index (χ0n) is 97.3. The highest BCUT2D eigenvalue weighted by molar-refractivity contribution is 5.75. The van der Waals surface area contributed by atoms with E-state index in [4.69, 9.17) is 114 Å². The number of hydrogen-bond donors (Lipinski definition) is 0. The lowest BCUT2D eigenvalue weighted by Crippen LogP contribution is -2.24. The Morgan fingerprint density at radius 2 is 0.531 bits per heavy atom. The van der Waals surface area contributed by atoms with Crippen molar-refractivity contribution in [2.24, 2.45) is 28.6 Å². The van der Waals surface area contributed by atoms with E-state index in [0.29, 0.717) is 44.8 Å². The number of carbonyl (C=O) groups is 12. The van der Waals surface area contributed by atoms with Crippen LogP contribution >= 0.6 is 0 Å². The molecule has 2 aliphatic rings. The average Bonchev–Trinajstić information content (AvgIpc) is 1.73. The number of rotatable bonds is 56. The molecule has 0 aromatic heterocycles. The zero-order valence-corrected chi connectivity index (χ0v) is 97.3. The summed E-state index contributed by atoms with van der Waals surface area (Å²) >= 11 is 0. The quantitative estimate of drug-likeness (QED) is 0.0236. The summed E-state index contributed by atoms with van der Waals surface area (Å²) in [5.41, 5.74) is -0.463. The Balaban J connectivity index is -0.000000171. The van der Waals surface area contributed by atoms with Crippen molar-refractivity contribution >= 4 is 72.6 Å². The maximum absolute atomic E-state index is 11.1. The van der Waals surface area contributed by atoms with Gasteiger partial charge in [-0.15, -0.1) is 0 Å². The SMILES string of the molecule is CC(C)COC(=O)OCOC(C)C.CC(C)OCOC(=O)C(C)(C)C.CC(C)OCOC(=O)C(C)C.CC(C)OCOC(=O)C1CC1.CC(C)OCOC(=O)CC(C)(C)C.CC(C)OCOC(=O)OC(C)C.CC(C)OCOC(=O)OC(C)C.CC(C)OCOC(=O)OC1CC1.CCCC(=O)OCOC(C)C.CCCCC(=O)OCOC(C)C.CCCCCC(=O)OCOC(C)C.CCCCOC(=O)OCOC(C)C. The van der Waals surface area contributed by atoms with Gasteiger partial charge in [0.15, 0.2) is 81.5 Å². The van der Waals surface area contributed by atoms with Crippen molar-refractivity contribution in [2.45, 2.75) is 485 Å². The van der Waals surface area contributed by atoms with E-state index in [-0.39, 0.29) is 232 Å². The molecule has 41 heteroatoms. The van der Waals surface area contributed by atoms with E-state index in [1.807, 2.05) is 242 Å². The highest BCUT2D eigenvalue weighted by Crippen LogP contribution is 2.30. The second-order valence-corrected chi connectivity index (χ2v) is 38.7. The maximum Gasteiger partial charge on any atom is 0.510 e. The standard InChI is InChI=1S/2C10H20O3.2C9H18O4.2C9H18O3.C8H14O4.2C8H16O4.C8H14O3.2C8H16O3/c1-8(2)12-7-13-9(11)6-10(3,4)5;1-4-5-6-7-10(11)13-8-12-9(2)3;1-7(2)5-11-9(10)13-6-12-8(3)4;1-4-5-6-11-9(10)13-7-12-8(2)3;1-7(2)11-6-12-8(10)9(3,4)5;1-4-5-6-9(10)12-7-11-8(2)3;1-6(2)10-5-11-8(9)12-7-3-4-7;2*1-6(2)10-5-11-8(9)12-7(3)4;1-6(2)10-5-11-8(9)7-3-4-7;1-6(2)8(9)11-5-10-7(3)4;1-4-5-8(9)11-6-10-7(2)3/h8H,6-7H2,1-5H3;9H,4-8H2,1-3H3;7-8H,5-6H2,1-4H3;8H,4-7H2,1-3H3;7H,6H2,1-5H3;8H,4-7H2,1-3H3;6-7H,3-5H2,1-2H3;2*6-7H,5H2,1-4H3;6-7H,3-5H2,1-2H3;6-7H,5H2,1-4H3;7H,4-6H2,1-3H3. The van der Waals surface area contributed by atoms with E-state index in [1.165, 1.54) is 0 Å². The van der Waals surface area contributed by atoms with Gasteiger partial charge in [0.25, 0.3) is 0 Å². The van der Waals surface area contributed by atoms with E-state index in [9.17, 15) is 57.5 Å². The summed E-state index contributed by atoms with van der Waals surface area (Å²) in [6, 6.07) is 0. The van der Waals surface area contributed by atoms with Gasteiger partial charge < -0.3 is 137 Å². The van der Waals surface area contributed by atoms with Crippen molar-refractivity contribution in [3.05, 3.63) is 0 Å². The highest BCUT2D eigenvalue weighted by Gasteiger charge is 2.31. The molecule has 2 saturated carbocycles. The molecule has 0 saturated heterocycles. The van der Waals surface area contributed by atoms with E-state index in [1.54, 1.807) is 41.5 Å². The molecule has 0 unspecified atom stereocenters. The minimum absolute atomic E-state index is 0.0189. The average molecular weight is 2110 g/mol. The van der Waals surface area contributed by atoms with Gasteiger partial charge in [-0.25, -0.2) is 24.0 Å². The molecule has 0 N–H and O–H groups in total. The second-order valence-electron chi connectivity index (χ2n) is 38.7. The number of esters is 7.